The SMILES string of the molecule is CCOP(=O)(CC(=O)C1=CCCN(c2cccc3c2C(c2ccccc2)c2ccccc2-3)[C@H]1C(=O)O)OCC. The first-order valence-electron chi connectivity index (χ1n) is 13.3. The highest BCUT2D eigenvalue weighted by molar-refractivity contribution is 7.55. The summed E-state index contributed by atoms with van der Waals surface area (Å²) in [7, 11) is -3.70. The first kappa shape index (κ1) is 27.1. The number of carboxylic acid groups (broad SMARTS) is 1. The molecule has 0 bridgehead atoms. The summed E-state index contributed by atoms with van der Waals surface area (Å²) in [4.78, 5) is 28.0. The van der Waals surface area contributed by atoms with Gasteiger partial charge in [0.25, 0.3) is 0 Å². The number of carbonyl (C=O) groups excluding carboxylic acids is 1. The Kier molecular flexibility index (Phi) is 7.85. The van der Waals surface area contributed by atoms with Crippen LogP contribution in [0.5, 0.6) is 0 Å². The Morgan fingerprint density at radius 2 is 1.59 bits per heavy atom. The molecular weight excluding hydrogens is 513 g/mol. The molecule has 1 N–H and O–H groups in total. The molecule has 0 saturated carbocycles. The third-order valence-electron chi connectivity index (χ3n) is 7.26. The lowest BCUT2D eigenvalue weighted by atomic mass is 9.87. The molecule has 0 saturated heterocycles. The lowest BCUT2D eigenvalue weighted by Gasteiger charge is -2.37. The topological polar surface area (TPSA) is 93.1 Å². The van der Waals surface area contributed by atoms with Crippen LogP contribution in [0.4, 0.5) is 5.69 Å². The van der Waals surface area contributed by atoms with Crippen molar-refractivity contribution in [3.8, 4) is 11.1 Å². The van der Waals surface area contributed by atoms with E-state index in [0.29, 0.717) is 13.0 Å². The first-order chi connectivity index (χ1) is 18.9. The van der Waals surface area contributed by atoms with Crippen molar-refractivity contribution in [2.24, 2.45) is 0 Å². The highest BCUT2D eigenvalue weighted by Crippen LogP contribution is 2.52. The number of benzene rings is 3. The number of nitrogens with zero attached hydrogens (tertiary/aromatic N) is 1. The van der Waals surface area contributed by atoms with E-state index in [1.165, 1.54) is 0 Å². The van der Waals surface area contributed by atoms with E-state index >= 15 is 0 Å². The van der Waals surface area contributed by atoms with Crippen molar-refractivity contribution < 1.29 is 28.3 Å². The van der Waals surface area contributed by atoms with E-state index in [0.717, 1.165) is 33.5 Å². The fourth-order valence-electron chi connectivity index (χ4n) is 5.83. The zero-order valence-corrected chi connectivity index (χ0v) is 23.0. The lowest BCUT2D eigenvalue weighted by molar-refractivity contribution is -0.138. The third kappa shape index (κ3) is 5.10. The Labute approximate surface area is 228 Å². The molecule has 7 nitrogen and oxygen atoms in total. The molecule has 3 aromatic rings. The average molecular weight is 546 g/mol. The smallest absolute Gasteiger partial charge is 0.338 e. The zero-order chi connectivity index (χ0) is 27.6. The van der Waals surface area contributed by atoms with Crippen LogP contribution in [0, 0.1) is 0 Å². The Hall–Kier alpha value is -3.51. The van der Waals surface area contributed by atoms with Crippen LogP contribution in [-0.2, 0) is 23.2 Å². The number of carboxylic acids is 1. The predicted octanol–water partition coefficient (Wildman–Crippen LogP) is 6.27. The zero-order valence-electron chi connectivity index (χ0n) is 22.1. The summed E-state index contributed by atoms with van der Waals surface area (Å²) in [6.07, 6.45) is 1.64. The van der Waals surface area contributed by atoms with E-state index in [1.807, 2.05) is 47.4 Å². The van der Waals surface area contributed by atoms with Gasteiger partial charge in [-0.25, -0.2) is 4.79 Å². The minimum Gasteiger partial charge on any atom is -0.479 e. The molecular formula is C31H32NO6P. The minimum absolute atomic E-state index is 0.0794. The molecule has 8 heteroatoms. The van der Waals surface area contributed by atoms with Gasteiger partial charge in [0, 0.05) is 23.7 Å². The molecule has 2 atom stereocenters. The lowest BCUT2D eigenvalue weighted by Crippen LogP contribution is -2.48. The van der Waals surface area contributed by atoms with Crippen LogP contribution < -0.4 is 4.90 Å². The number of anilines is 1. The number of Topliss-reactive ketones (excluding diaryl/α,β-unsaturated/α-hetero) is 1. The molecule has 202 valence electrons. The molecule has 0 radical (unpaired) electrons. The van der Waals surface area contributed by atoms with Crippen LogP contribution in [0.15, 0.2) is 84.4 Å². The van der Waals surface area contributed by atoms with Crippen molar-refractivity contribution in [1.29, 1.82) is 0 Å². The van der Waals surface area contributed by atoms with E-state index in [2.05, 4.69) is 30.3 Å². The maximum absolute atomic E-state index is 13.5. The Morgan fingerprint density at radius 3 is 2.28 bits per heavy atom. The van der Waals surface area contributed by atoms with E-state index < -0.39 is 31.6 Å². The van der Waals surface area contributed by atoms with Crippen molar-refractivity contribution in [3.05, 3.63) is 101 Å². The fourth-order valence-corrected chi connectivity index (χ4v) is 7.41. The molecule has 0 spiro atoms. The molecule has 1 aliphatic carbocycles. The van der Waals surface area contributed by atoms with Gasteiger partial charge in [-0.1, -0.05) is 72.8 Å². The van der Waals surface area contributed by atoms with Gasteiger partial charge in [0.05, 0.1) is 13.2 Å². The van der Waals surface area contributed by atoms with Gasteiger partial charge in [-0.05, 0) is 54.2 Å². The van der Waals surface area contributed by atoms with Crippen LogP contribution in [0.1, 0.15) is 42.9 Å². The maximum atomic E-state index is 13.5. The second-order valence-corrected chi connectivity index (χ2v) is 11.6. The molecule has 39 heavy (non-hydrogen) atoms. The maximum Gasteiger partial charge on any atom is 0.338 e. The van der Waals surface area contributed by atoms with Gasteiger partial charge in [-0.15, -0.1) is 0 Å². The van der Waals surface area contributed by atoms with Crippen LogP contribution in [-0.4, -0.2) is 48.8 Å². The van der Waals surface area contributed by atoms with Crippen molar-refractivity contribution in [2.75, 3.05) is 30.8 Å². The van der Waals surface area contributed by atoms with Gasteiger partial charge in [0.15, 0.2) is 11.8 Å². The molecule has 0 aromatic heterocycles. The number of rotatable bonds is 10. The van der Waals surface area contributed by atoms with Crippen molar-refractivity contribution in [2.45, 2.75) is 32.2 Å². The molecule has 5 rings (SSSR count). The summed E-state index contributed by atoms with van der Waals surface area (Å²) in [5.74, 6) is -1.75. The summed E-state index contributed by atoms with van der Waals surface area (Å²) in [5.41, 5.74) is 6.37. The van der Waals surface area contributed by atoms with Gasteiger partial charge >= 0.3 is 13.6 Å². The number of fused-ring (bicyclic) bond motifs is 3. The monoisotopic (exact) mass is 545 g/mol. The minimum atomic E-state index is -3.70. The molecule has 0 amide bonds. The van der Waals surface area contributed by atoms with Gasteiger partial charge in [0.2, 0.25) is 0 Å². The highest BCUT2D eigenvalue weighted by Gasteiger charge is 2.41. The number of hydrogen-bond donors (Lipinski definition) is 1. The van der Waals surface area contributed by atoms with Crippen LogP contribution >= 0.6 is 7.60 Å². The molecule has 1 aliphatic heterocycles. The summed E-state index contributed by atoms with van der Waals surface area (Å²) >= 11 is 0. The van der Waals surface area contributed by atoms with Crippen molar-refractivity contribution >= 4 is 25.0 Å². The quantitative estimate of drug-likeness (QED) is 0.235. The van der Waals surface area contributed by atoms with Gasteiger partial charge < -0.3 is 19.1 Å². The van der Waals surface area contributed by atoms with Crippen LogP contribution in [0.2, 0.25) is 0 Å². The number of carbonyl (C=O) groups is 2. The second-order valence-electron chi connectivity index (χ2n) is 9.58. The Morgan fingerprint density at radius 1 is 0.923 bits per heavy atom. The van der Waals surface area contributed by atoms with Crippen molar-refractivity contribution in [1.82, 2.24) is 0 Å². The van der Waals surface area contributed by atoms with Crippen LogP contribution in [0.3, 0.4) is 0 Å². The normalized spacial score (nSPS) is 18.3. The van der Waals surface area contributed by atoms with Gasteiger partial charge in [0.1, 0.15) is 6.16 Å². The largest absolute Gasteiger partial charge is 0.479 e. The first-order valence-corrected chi connectivity index (χ1v) is 15.0. The van der Waals surface area contributed by atoms with Gasteiger partial charge in [-0.2, -0.15) is 0 Å². The average Bonchev–Trinajstić information content (AvgIpc) is 3.28. The van der Waals surface area contributed by atoms with E-state index in [1.54, 1.807) is 19.9 Å². The molecule has 1 heterocycles. The molecule has 2 aliphatic rings. The Bertz CT molecular complexity index is 1460. The van der Waals surface area contributed by atoms with Crippen molar-refractivity contribution in [3.63, 3.8) is 0 Å². The summed E-state index contributed by atoms with van der Waals surface area (Å²) < 4.78 is 23.8. The summed E-state index contributed by atoms with van der Waals surface area (Å²) in [6.45, 7) is 4.02. The second kappa shape index (κ2) is 11.3. The van der Waals surface area contributed by atoms with Crippen LogP contribution in [0.25, 0.3) is 11.1 Å². The predicted molar refractivity (Wildman–Crippen MR) is 151 cm³/mol. The highest BCUT2D eigenvalue weighted by atomic mass is 31.2. The third-order valence-corrected chi connectivity index (χ3v) is 9.24. The van der Waals surface area contributed by atoms with Gasteiger partial charge in [-0.3, -0.25) is 9.36 Å². The number of hydrogen-bond acceptors (Lipinski definition) is 6. The molecule has 0 fully saturated rings. The summed E-state index contributed by atoms with van der Waals surface area (Å²) in [6, 6.07) is 23.2. The number of aliphatic carboxylic acids is 1. The standard InChI is InChI=1S/C31H32NO6P/c1-3-37-39(36,38-4-2)20-27(33)25-17-11-19-32(30(25)31(34)35)26-18-10-16-24-22-14-8-9-15-23(22)28(29(24)26)21-12-6-5-7-13-21/h5-10,12-18,28,30H,3-4,11,19-20H2,1-2H3,(H,34,35)/t28?,30-/m1/s1. The van der Waals surface area contributed by atoms with E-state index in [9.17, 15) is 19.3 Å². The molecule has 1 unspecified atom stereocenters. The molecule has 3 aromatic carbocycles. The van der Waals surface area contributed by atoms with E-state index in [-0.39, 0.29) is 24.7 Å². The summed E-state index contributed by atoms with van der Waals surface area (Å²) in [5, 5.41) is 10.4. The number of ketones is 1. The van der Waals surface area contributed by atoms with E-state index in [4.69, 9.17) is 9.05 Å². The fraction of sp³-hybridized carbons (Fsp3) is 0.290. The Balaban J connectivity index is 1.58.